The maximum absolute atomic E-state index is 5.95. The second-order valence-electron chi connectivity index (χ2n) is 4.15. The Labute approximate surface area is 111 Å². The van der Waals surface area contributed by atoms with E-state index in [1.54, 1.807) is 11.8 Å². The van der Waals surface area contributed by atoms with Crippen LogP contribution in [0.2, 0.25) is 0 Å². The molecule has 0 bridgehead atoms. The van der Waals surface area contributed by atoms with Crippen LogP contribution in [-0.4, -0.2) is 20.2 Å². The molecule has 6 heteroatoms. The van der Waals surface area contributed by atoms with Crippen LogP contribution in [-0.2, 0) is 12.3 Å². The molecule has 0 spiro atoms. The highest BCUT2D eigenvalue weighted by atomic mass is 32.2. The number of aromatic nitrogens is 4. The lowest BCUT2D eigenvalue weighted by molar-refractivity contribution is 0.564. The van der Waals surface area contributed by atoms with E-state index in [0.717, 1.165) is 35.1 Å². The van der Waals surface area contributed by atoms with Gasteiger partial charge >= 0.3 is 0 Å². The predicted octanol–water partition coefficient (Wildman–Crippen LogP) is 2.27. The Morgan fingerprint density at radius 2 is 2.22 bits per heavy atom. The van der Waals surface area contributed by atoms with Crippen molar-refractivity contribution in [3.05, 3.63) is 29.6 Å². The molecule has 0 saturated heterocycles. The molecule has 96 valence electrons. The lowest BCUT2D eigenvalue weighted by atomic mass is 10.2. The zero-order valence-electron chi connectivity index (χ0n) is 10.6. The van der Waals surface area contributed by atoms with E-state index in [1.807, 2.05) is 16.8 Å². The molecule has 2 rings (SSSR count). The summed E-state index contributed by atoms with van der Waals surface area (Å²) >= 11 is 1.67. The lowest BCUT2D eigenvalue weighted by Crippen LogP contribution is -2.04. The number of rotatable bonds is 5. The standard InChI is InChI=1S/C12H17N5S/c1-3-6-17-12(14-15-16-17)8-18-11-7-9(2)4-5-10(11)13/h4-5,7H,3,6,8,13H2,1-2H3. The molecule has 0 unspecified atom stereocenters. The number of aryl methyl sites for hydroxylation is 2. The molecule has 2 aromatic rings. The minimum atomic E-state index is 0.737. The number of nitrogen functional groups attached to an aromatic ring is 1. The molecular formula is C12H17N5S. The first-order valence-electron chi connectivity index (χ1n) is 5.94. The van der Waals surface area contributed by atoms with E-state index in [1.165, 1.54) is 5.56 Å². The van der Waals surface area contributed by atoms with Crippen molar-refractivity contribution in [2.75, 3.05) is 5.73 Å². The normalized spacial score (nSPS) is 10.8. The zero-order chi connectivity index (χ0) is 13.0. The fourth-order valence-electron chi connectivity index (χ4n) is 1.62. The topological polar surface area (TPSA) is 69.6 Å². The van der Waals surface area contributed by atoms with Crippen LogP contribution < -0.4 is 5.73 Å². The molecule has 0 amide bonds. The molecule has 2 N–H and O–H groups in total. The largest absolute Gasteiger partial charge is 0.398 e. The van der Waals surface area contributed by atoms with Gasteiger partial charge in [0.15, 0.2) is 5.82 Å². The van der Waals surface area contributed by atoms with Gasteiger partial charge in [0.05, 0.1) is 5.75 Å². The molecule has 0 aliphatic heterocycles. The molecule has 18 heavy (non-hydrogen) atoms. The first-order valence-corrected chi connectivity index (χ1v) is 6.93. The van der Waals surface area contributed by atoms with Gasteiger partial charge in [0.25, 0.3) is 0 Å². The van der Waals surface area contributed by atoms with Crippen molar-refractivity contribution >= 4 is 17.4 Å². The van der Waals surface area contributed by atoms with Crippen molar-refractivity contribution in [3.63, 3.8) is 0 Å². The van der Waals surface area contributed by atoms with Crippen LogP contribution in [0.25, 0.3) is 0 Å². The van der Waals surface area contributed by atoms with Crippen molar-refractivity contribution in [1.29, 1.82) is 0 Å². The van der Waals surface area contributed by atoms with E-state index >= 15 is 0 Å². The molecule has 0 radical (unpaired) electrons. The van der Waals surface area contributed by atoms with Crippen LogP contribution in [0.3, 0.4) is 0 Å². The summed E-state index contributed by atoms with van der Waals surface area (Å²) in [5, 5.41) is 11.7. The Bertz CT molecular complexity index is 523. The Hall–Kier alpha value is -1.56. The fourth-order valence-corrected chi connectivity index (χ4v) is 2.62. The summed E-state index contributed by atoms with van der Waals surface area (Å²) in [6.07, 6.45) is 1.02. The number of thioether (sulfide) groups is 1. The van der Waals surface area contributed by atoms with Gasteiger partial charge in [0.2, 0.25) is 0 Å². The molecule has 1 heterocycles. The number of hydrogen-bond donors (Lipinski definition) is 1. The van der Waals surface area contributed by atoms with Crippen LogP contribution in [0, 0.1) is 6.92 Å². The third-order valence-corrected chi connectivity index (χ3v) is 3.63. The minimum Gasteiger partial charge on any atom is -0.398 e. The quantitative estimate of drug-likeness (QED) is 0.662. The van der Waals surface area contributed by atoms with E-state index in [2.05, 4.69) is 35.4 Å². The molecule has 0 aliphatic carbocycles. The molecule has 1 aromatic heterocycles. The highest BCUT2D eigenvalue weighted by molar-refractivity contribution is 7.98. The van der Waals surface area contributed by atoms with Crippen molar-refractivity contribution in [3.8, 4) is 0 Å². The van der Waals surface area contributed by atoms with E-state index in [-0.39, 0.29) is 0 Å². The summed E-state index contributed by atoms with van der Waals surface area (Å²) in [6.45, 7) is 5.02. The Balaban J connectivity index is 2.06. The summed E-state index contributed by atoms with van der Waals surface area (Å²) in [7, 11) is 0. The number of nitrogens with two attached hydrogens (primary N) is 1. The smallest absolute Gasteiger partial charge is 0.161 e. The molecule has 1 aromatic carbocycles. The third kappa shape index (κ3) is 3.01. The number of benzene rings is 1. The number of anilines is 1. The van der Waals surface area contributed by atoms with Gasteiger partial charge in [0.1, 0.15) is 0 Å². The van der Waals surface area contributed by atoms with Crippen LogP contribution in [0.15, 0.2) is 23.1 Å². The summed E-state index contributed by atoms with van der Waals surface area (Å²) in [6, 6.07) is 6.04. The molecule has 0 fully saturated rings. The van der Waals surface area contributed by atoms with E-state index in [4.69, 9.17) is 5.73 Å². The SMILES string of the molecule is CCCn1nnnc1CSc1cc(C)ccc1N. The van der Waals surface area contributed by atoms with Crippen molar-refractivity contribution in [1.82, 2.24) is 20.2 Å². The van der Waals surface area contributed by atoms with Crippen LogP contribution in [0.4, 0.5) is 5.69 Å². The first-order chi connectivity index (χ1) is 8.70. The Kier molecular flexibility index (Phi) is 4.19. The van der Waals surface area contributed by atoms with Gasteiger partial charge in [-0.25, -0.2) is 4.68 Å². The Morgan fingerprint density at radius 1 is 1.39 bits per heavy atom. The van der Waals surface area contributed by atoms with Gasteiger partial charge in [0, 0.05) is 17.1 Å². The van der Waals surface area contributed by atoms with Crippen LogP contribution in [0.5, 0.6) is 0 Å². The summed E-state index contributed by atoms with van der Waals surface area (Å²) in [5.74, 6) is 1.63. The van der Waals surface area contributed by atoms with Crippen LogP contribution >= 0.6 is 11.8 Å². The summed E-state index contributed by atoms with van der Waals surface area (Å²) in [5.41, 5.74) is 7.96. The summed E-state index contributed by atoms with van der Waals surface area (Å²) < 4.78 is 1.85. The molecule has 0 saturated carbocycles. The number of tetrazole rings is 1. The van der Waals surface area contributed by atoms with Crippen LogP contribution in [0.1, 0.15) is 24.7 Å². The van der Waals surface area contributed by atoms with E-state index in [0.29, 0.717) is 0 Å². The highest BCUT2D eigenvalue weighted by Crippen LogP contribution is 2.28. The van der Waals surface area contributed by atoms with E-state index in [9.17, 15) is 0 Å². The zero-order valence-corrected chi connectivity index (χ0v) is 11.4. The maximum Gasteiger partial charge on any atom is 0.161 e. The molecule has 0 aliphatic rings. The third-order valence-electron chi connectivity index (χ3n) is 2.57. The van der Waals surface area contributed by atoms with Gasteiger partial charge in [-0.15, -0.1) is 16.9 Å². The first kappa shape index (κ1) is 12.9. The fraction of sp³-hybridized carbons (Fsp3) is 0.417. The molecule has 5 nitrogen and oxygen atoms in total. The van der Waals surface area contributed by atoms with Crippen molar-refractivity contribution < 1.29 is 0 Å². The number of nitrogens with zero attached hydrogens (tertiary/aromatic N) is 4. The lowest BCUT2D eigenvalue weighted by Gasteiger charge is -2.06. The second kappa shape index (κ2) is 5.86. The van der Waals surface area contributed by atoms with Gasteiger partial charge in [-0.3, -0.25) is 0 Å². The van der Waals surface area contributed by atoms with Crippen molar-refractivity contribution in [2.45, 2.75) is 37.5 Å². The monoisotopic (exact) mass is 263 g/mol. The Morgan fingerprint density at radius 3 is 3.00 bits per heavy atom. The maximum atomic E-state index is 5.95. The minimum absolute atomic E-state index is 0.737. The average Bonchev–Trinajstić information content (AvgIpc) is 2.78. The van der Waals surface area contributed by atoms with Gasteiger partial charge in [-0.1, -0.05) is 13.0 Å². The predicted molar refractivity (Wildman–Crippen MR) is 73.3 cm³/mol. The van der Waals surface area contributed by atoms with E-state index < -0.39 is 0 Å². The molecule has 0 atom stereocenters. The van der Waals surface area contributed by atoms with Crippen molar-refractivity contribution in [2.24, 2.45) is 0 Å². The highest BCUT2D eigenvalue weighted by Gasteiger charge is 2.07. The van der Waals surface area contributed by atoms with Gasteiger partial charge in [-0.05, 0) is 41.5 Å². The molecular weight excluding hydrogens is 246 g/mol. The second-order valence-corrected chi connectivity index (χ2v) is 5.17. The van der Waals surface area contributed by atoms with Gasteiger partial charge < -0.3 is 5.73 Å². The van der Waals surface area contributed by atoms with Gasteiger partial charge in [-0.2, -0.15) is 0 Å². The number of hydrogen-bond acceptors (Lipinski definition) is 5. The summed E-state index contributed by atoms with van der Waals surface area (Å²) in [4.78, 5) is 1.08. The average molecular weight is 263 g/mol.